The molecule has 3 aliphatic rings. The van der Waals surface area contributed by atoms with E-state index in [9.17, 15) is 13.2 Å². The van der Waals surface area contributed by atoms with Gasteiger partial charge in [0.2, 0.25) is 0 Å². The Morgan fingerprint density at radius 2 is 1.92 bits per heavy atom. The maximum absolute atomic E-state index is 14.0. The lowest BCUT2D eigenvalue weighted by Gasteiger charge is -2.28. The van der Waals surface area contributed by atoms with Crippen molar-refractivity contribution in [2.45, 2.75) is 37.9 Å². The van der Waals surface area contributed by atoms with Gasteiger partial charge in [0.05, 0.1) is 17.8 Å². The van der Waals surface area contributed by atoms with E-state index in [0.717, 1.165) is 69.1 Å². The van der Waals surface area contributed by atoms with Crippen molar-refractivity contribution in [1.29, 1.82) is 0 Å². The summed E-state index contributed by atoms with van der Waals surface area (Å²) < 4.78 is 49.4. The smallest absolute Gasteiger partial charge is 0.381 e. The zero-order valence-electron chi connectivity index (χ0n) is 20.3. The van der Waals surface area contributed by atoms with Crippen LogP contribution in [0, 0.1) is 17.8 Å². The van der Waals surface area contributed by atoms with Crippen LogP contribution in [-0.4, -0.2) is 63.8 Å². The summed E-state index contributed by atoms with van der Waals surface area (Å²) in [6, 6.07) is 6.40. The highest BCUT2D eigenvalue weighted by Crippen LogP contribution is 2.42. The maximum Gasteiger partial charge on any atom is 0.420 e. The summed E-state index contributed by atoms with van der Waals surface area (Å²) in [5.74, 6) is 1.46. The van der Waals surface area contributed by atoms with Crippen molar-refractivity contribution < 1.29 is 17.9 Å². The molecule has 36 heavy (non-hydrogen) atoms. The van der Waals surface area contributed by atoms with E-state index in [0.29, 0.717) is 23.3 Å². The Bertz CT molecular complexity index is 1220. The molecule has 3 fully saturated rings. The summed E-state index contributed by atoms with van der Waals surface area (Å²) in [4.78, 5) is 2.53. The Balaban J connectivity index is 1.15. The SMILES string of the molecule is Cn1cc2cc(-c3cc(C(F)(F)F)c(N[C@H]4C[C@@H]5CN(CC6CCCOC6)C[C@@H]5C4)nn3)ccc2n1. The topological polar surface area (TPSA) is 68.1 Å². The second-order valence-corrected chi connectivity index (χ2v) is 10.7. The van der Waals surface area contributed by atoms with E-state index in [2.05, 4.69) is 25.5 Å². The van der Waals surface area contributed by atoms with Crippen molar-refractivity contribution in [2.75, 3.05) is 38.2 Å². The van der Waals surface area contributed by atoms with Gasteiger partial charge in [0.1, 0.15) is 5.56 Å². The molecule has 6 rings (SSSR count). The van der Waals surface area contributed by atoms with Crippen LogP contribution in [0.15, 0.2) is 30.5 Å². The molecular formula is C26H31F3N6O. The number of hydrogen-bond acceptors (Lipinski definition) is 6. The fraction of sp³-hybridized carbons (Fsp3) is 0.577. The molecule has 3 aromatic rings. The van der Waals surface area contributed by atoms with Crippen LogP contribution in [-0.2, 0) is 18.0 Å². The molecule has 0 amide bonds. The number of nitrogens with one attached hydrogen (secondary N) is 1. The van der Waals surface area contributed by atoms with E-state index >= 15 is 0 Å². The zero-order chi connectivity index (χ0) is 24.9. The first-order chi connectivity index (χ1) is 17.3. The summed E-state index contributed by atoms with van der Waals surface area (Å²) >= 11 is 0. The van der Waals surface area contributed by atoms with Crippen LogP contribution in [0.5, 0.6) is 0 Å². The maximum atomic E-state index is 14.0. The van der Waals surface area contributed by atoms with E-state index in [1.165, 1.54) is 6.42 Å². The van der Waals surface area contributed by atoms with E-state index in [4.69, 9.17) is 4.74 Å². The number of aryl methyl sites for hydroxylation is 1. The summed E-state index contributed by atoms with van der Waals surface area (Å²) in [6.45, 7) is 4.83. The van der Waals surface area contributed by atoms with Crippen LogP contribution in [0.4, 0.5) is 19.0 Å². The molecule has 1 aliphatic carbocycles. The number of alkyl halides is 3. The quantitative estimate of drug-likeness (QED) is 0.553. The van der Waals surface area contributed by atoms with Crippen molar-refractivity contribution in [3.05, 3.63) is 36.0 Å². The molecule has 192 valence electrons. The Morgan fingerprint density at radius 1 is 1.11 bits per heavy atom. The first-order valence-corrected chi connectivity index (χ1v) is 12.8. The van der Waals surface area contributed by atoms with Gasteiger partial charge in [-0.15, -0.1) is 10.2 Å². The molecule has 1 unspecified atom stereocenters. The fourth-order valence-corrected chi connectivity index (χ4v) is 6.34. The van der Waals surface area contributed by atoms with E-state index in [-0.39, 0.29) is 17.6 Å². The largest absolute Gasteiger partial charge is 0.420 e. The highest BCUT2D eigenvalue weighted by atomic mass is 19.4. The van der Waals surface area contributed by atoms with Crippen molar-refractivity contribution in [3.63, 3.8) is 0 Å². The number of fused-ring (bicyclic) bond motifs is 2. The average Bonchev–Trinajstić information content (AvgIpc) is 3.50. The van der Waals surface area contributed by atoms with Gasteiger partial charge in [-0.2, -0.15) is 18.3 Å². The van der Waals surface area contributed by atoms with Crippen LogP contribution < -0.4 is 5.32 Å². The van der Waals surface area contributed by atoms with Crippen molar-refractivity contribution in [1.82, 2.24) is 24.9 Å². The minimum atomic E-state index is -4.53. The number of halogens is 3. The van der Waals surface area contributed by atoms with E-state index in [1.807, 2.05) is 13.2 Å². The number of benzene rings is 1. The summed E-state index contributed by atoms with van der Waals surface area (Å²) in [5.41, 5.74) is 0.791. The van der Waals surface area contributed by atoms with E-state index in [1.54, 1.807) is 22.9 Å². The van der Waals surface area contributed by atoms with Gasteiger partial charge in [0.25, 0.3) is 0 Å². The first kappa shape index (κ1) is 23.7. The predicted molar refractivity (Wildman–Crippen MR) is 130 cm³/mol. The van der Waals surface area contributed by atoms with E-state index < -0.39 is 11.7 Å². The predicted octanol–water partition coefficient (Wildman–Crippen LogP) is 4.60. The van der Waals surface area contributed by atoms with Crippen LogP contribution in [0.1, 0.15) is 31.2 Å². The molecule has 0 bridgehead atoms. The third-order valence-electron chi connectivity index (χ3n) is 7.95. The minimum Gasteiger partial charge on any atom is -0.381 e. The molecule has 10 heteroatoms. The van der Waals surface area contributed by atoms with Gasteiger partial charge >= 0.3 is 6.18 Å². The molecule has 2 saturated heterocycles. The molecule has 7 nitrogen and oxygen atoms in total. The molecule has 1 saturated carbocycles. The number of hydrogen-bond donors (Lipinski definition) is 1. The molecule has 0 spiro atoms. The molecule has 1 N–H and O–H groups in total. The van der Waals surface area contributed by atoms with Crippen LogP contribution in [0.2, 0.25) is 0 Å². The number of ether oxygens (including phenoxy) is 1. The van der Waals surface area contributed by atoms with Crippen molar-refractivity contribution in [2.24, 2.45) is 24.8 Å². The van der Waals surface area contributed by atoms with Gasteiger partial charge in [0, 0.05) is 56.5 Å². The fourth-order valence-electron chi connectivity index (χ4n) is 6.34. The molecule has 2 aromatic heterocycles. The van der Waals surface area contributed by atoms with Gasteiger partial charge < -0.3 is 15.0 Å². The summed E-state index contributed by atoms with van der Waals surface area (Å²) in [6.07, 6.45) is 1.38. The molecular weight excluding hydrogens is 469 g/mol. The Labute approximate surface area is 208 Å². The molecule has 2 aliphatic heterocycles. The van der Waals surface area contributed by atoms with Gasteiger partial charge in [-0.25, -0.2) is 0 Å². The average molecular weight is 501 g/mol. The standard InChI is InChI=1S/C26H31F3N6O/c1-34-12-20-7-17(4-5-23(20)33-34)24-10-22(26(27,28)29)25(32-31-24)30-21-8-18-13-35(14-19(18)9-21)11-16-3-2-6-36-15-16/h4-5,7,10,12,16,18-19,21H,2-3,6,8-9,11,13-15H2,1H3,(H,30,32)/t16?,18-,19+,21+. The lowest BCUT2D eigenvalue weighted by molar-refractivity contribution is -0.137. The van der Waals surface area contributed by atoms with Gasteiger partial charge in [-0.3, -0.25) is 4.68 Å². The number of aromatic nitrogens is 4. The normalized spacial score (nSPS) is 27.0. The molecule has 4 heterocycles. The Morgan fingerprint density at radius 3 is 2.64 bits per heavy atom. The minimum absolute atomic E-state index is 0.0202. The second-order valence-electron chi connectivity index (χ2n) is 10.7. The monoisotopic (exact) mass is 500 g/mol. The van der Waals surface area contributed by atoms with Crippen LogP contribution in [0.25, 0.3) is 22.2 Å². The van der Waals surface area contributed by atoms with Gasteiger partial charge in [-0.05, 0) is 61.6 Å². The summed E-state index contributed by atoms with van der Waals surface area (Å²) in [7, 11) is 1.81. The zero-order valence-corrected chi connectivity index (χ0v) is 20.3. The van der Waals surface area contributed by atoms with Crippen molar-refractivity contribution >= 4 is 16.7 Å². The Hall–Kier alpha value is -2.72. The third-order valence-corrected chi connectivity index (χ3v) is 7.95. The highest BCUT2D eigenvalue weighted by Gasteiger charge is 2.43. The molecule has 4 atom stereocenters. The van der Waals surface area contributed by atoms with Crippen molar-refractivity contribution in [3.8, 4) is 11.3 Å². The second kappa shape index (κ2) is 9.30. The summed E-state index contributed by atoms with van der Waals surface area (Å²) in [5, 5.41) is 16.5. The van der Waals surface area contributed by atoms with Gasteiger partial charge in [0.15, 0.2) is 5.82 Å². The highest BCUT2D eigenvalue weighted by molar-refractivity contribution is 5.83. The first-order valence-electron chi connectivity index (χ1n) is 12.8. The lowest BCUT2D eigenvalue weighted by atomic mass is 10.0. The number of nitrogens with zero attached hydrogens (tertiary/aromatic N) is 5. The molecule has 1 aromatic carbocycles. The molecule has 0 radical (unpaired) electrons. The van der Waals surface area contributed by atoms with Crippen LogP contribution >= 0.6 is 0 Å². The van der Waals surface area contributed by atoms with Gasteiger partial charge in [-0.1, -0.05) is 6.07 Å². The Kier molecular flexibility index (Phi) is 6.11. The number of likely N-dealkylation sites (tertiary alicyclic amines) is 1. The number of anilines is 1. The third kappa shape index (κ3) is 4.80. The number of rotatable bonds is 5. The lowest BCUT2D eigenvalue weighted by Crippen LogP contribution is -2.33. The van der Waals surface area contributed by atoms with Crippen LogP contribution in [0.3, 0.4) is 0 Å².